The molecule has 0 amide bonds. The first kappa shape index (κ1) is 19.9. The summed E-state index contributed by atoms with van der Waals surface area (Å²) in [6.45, 7) is 1.03. The standard InChI is InChI=1S/C19H17ClN6O4S/c20-12-3-1-2-11-8-19(30-17(29)15(11)12)4-6-25(7-5-19)18-21-9-13(31-18)16-22-24-26(23-16)10-14(27)28/h1-3,9H,4-8,10H2,(H,27,28). The number of aromatic nitrogens is 5. The first-order valence-electron chi connectivity index (χ1n) is 9.64. The predicted molar refractivity (Wildman–Crippen MR) is 111 cm³/mol. The van der Waals surface area contributed by atoms with Crippen molar-refractivity contribution in [2.75, 3.05) is 18.0 Å². The molecule has 1 spiro atoms. The Balaban J connectivity index is 1.28. The number of rotatable bonds is 4. The van der Waals surface area contributed by atoms with Gasteiger partial charge in [-0.2, -0.15) is 4.80 Å². The summed E-state index contributed by atoms with van der Waals surface area (Å²) < 4.78 is 5.87. The van der Waals surface area contributed by atoms with Crippen LogP contribution in [0.2, 0.25) is 5.02 Å². The fourth-order valence-electron chi connectivity index (χ4n) is 4.00. The average molecular weight is 461 g/mol. The van der Waals surface area contributed by atoms with Gasteiger partial charge in [0, 0.05) is 32.4 Å². The van der Waals surface area contributed by atoms with Crippen molar-refractivity contribution in [1.29, 1.82) is 0 Å². The molecule has 2 aliphatic heterocycles. The van der Waals surface area contributed by atoms with E-state index >= 15 is 0 Å². The van der Waals surface area contributed by atoms with E-state index in [1.807, 2.05) is 12.1 Å². The molecule has 1 N–H and O–H groups in total. The van der Waals surface area contributed by atoms with Crippen LogP contribution in [0.3, 0.4) is 0 Å². The van der Waals surface area contributed by atoms with Gasteiger partial charge < -0.3 is 14.7 Å². The van der Waals surface area contributed by atoms with E-state index in [0.29, 0.717) is 53.6 Å². The number of carbonyl (C=O) groups excluding carboxylic acids is 1. The van der Waals surface area contributed by atoms with Gasteiger partial charge in [0.15, 0.2) is 11.7 Å². The summed E-state index contributed by atoms with van der Waals surface area (Å²) in [6.07, 6.45) is 3.69. The molecular formula is C19H17ClN6O4S. The zero-order chi connectivity index (χ0) is 21.6. The number of hydrogen-bond donors (Lipinski definition) is 1. The van der Waals surface area contributed by atoms with Gasteiger partial charge in [-0.3, -0.25) is 4.79 Å². The number of fused-ring (bicyclic) bond motifs is 1. The Morgan fingerprint density at radius 1 is 1.32 bits per heavy atom. The summed E-state index contributed by atoms with van der Waals surface area (Å²) >= 11 is 7.60. The molecule has 0 bridgehead atoms. The highest BCUT2D eigenvalue weighted by Crippen LogP contribution is 2.40. The molecule has 1 fully saturated rings. The fourth-order valence-corrected chi connectivity index (χ4v) is 5.17. The number of aliphatic carboxylic acids is 1. The van der Waals surface area contributed by atoms with Crippen LogP contribution >= 0.6 is 22.9 Å². The van der Waals surface area contributed by atoms with Crippen molar-refractivity contribution < 1.29 is 19.4 Å². The monoisotopic (exact) mass is 460 g/mol. The largest absolute Gasteiger partial charge is 0.480 e. The number of benzene rings is 1. The van der Waals surface area contributed by atoms with Gasteiger partial charge in [0.1, 0.15) is 5.60 Å². The molecule has 0 atom stereocenters. The molecule has 3 aromatic rings. The highest BCUT2D eigenvalue weighted by Gasteiger charge is 2.43. The number of nitrogens with zero attached hydrogens (tertiary/aromatic N) is 6. The first-order valence-corrected chi connectivity index (χ1v) is 10.8. The summed E-state index contributed by atoms with van der Waals surface area (Å²) in [5.74, 6) is -1.05. The highest BCUT2D eigenvalue weighted by atomic mass is 35.5. The van der Waals surface area contributed by atoms with Crippen LogP contribution in [0.25, 0.3) is 10.7 Å². The summed E-state index contributed by atoms with van der Waals surface area (Å²) in [5.41, 5.74) is 0.890. The number of tetrazole rings is 1. The molecule has 2 aromatic heterocycles. The third-order valence-corrected chi connectivity index (χ3v) is 6.88. The van der Waals surface area contributed by atoms with Crippen molar-refractivity contribution in [3.63, 3.8) is 0 Å². The van der Waals surface area contributed by atoms with E-state index in [0.717, 1.165) is 15.5 Å². The molecule has 0 aliphatic carbocycles. The van der Waals surface area contributed by atoms with Gasteiger partial charge >= 0.3 is 11.9 Å². The number of hydrogen-bond acceptors (Lipinski definition) is 9. The lowest BCUT2D eigenvalue weighted by molar-refractivity contribution is -0.138. The van der Waals surface area contributed by atoms with Gasteiger partial charge in [-0.15, -0.1) is 10.2 Å². The number of piperidine rings is 1. The van der Waals surface area contributed by atoms with Crippen LogP contribution < -0.4 is 4.90 Å². The number of carboxylic acids is 1. The summed E-state index contributed by atoms with van der Waals surface area (Å²) in [4.78, 5) is 31.7. The van der Waals surface area contributed by atoms with Crippen molar-refractivity contribution in [1.82, 2.24) is 25.2 Å². The molecule has 1 aromatic carbocycles. The van der Waals surface area contributed by atoms with Crippen LogP contribution in [-0.4, -0.2) is 60.9 Å². The van der Waals surface area contributed by atoms with E-state index in [-0.39, 0.29) is 12.5 Å². The summed E-state index contributed by atoms with van der Waals surface area (Å²) in [7, 11) is 0. The van der Waals surface area contributed by atoms with Gasteiger partial charge in [-0.25, -0.2) is 9.78 Å². The number of esters is 1. The highest BCUT2D eigenvalue weighted by molar-refractivity contribution is 7.18. The Bertz CT molecular complexity index is 1170. The Kier molecular flexibility index (Phi) is 4.86. The number of anilines is 1. The molecule has 31 heavy (non-hydrogen) atoms. The summed E-state index contributed by atoms with van der Waals surface area (Å²) in [6, 6.07) is 5.51. The van der Waals surface area contributed by atoms with Crippen LogP contribution in [0.4, 0.5) is 5.13 Å². The Hall–Kier alpha value is -3.05. The Morgan fingerprint density at radius 3 is 2.90 bits per heavy atom. The van der Waals surface area contributed by atoms with Crippen molar-refractivity contribution in [3.8, 4) is 10.7 Å². The molecule has 10 nitrogen and oxygen atoms in total. The molecule has 160 valence electrons. The van der Waals surface area contributed by atoms with E-state index in [2.05, 4.69) is 25.3 Å². The number of halogens is 1. The quantitative estimate of drug-likeness (QED) is 0.584. The molecule has 0 unspecified atom stereocenters. The van der Waals surface area contributed by atoms with E-state index in [1.165, 1.54) is 11.3 Å². The third-order valence-electron chi connectivity index (χ3n) is 5.51. The number of carbonyl (C=O) groups is 2. The lowest BCUT2D eigenvalue weighted by Gasteiger charge is -2.43. The lowest BCUT2D eigenvalue weighted by atomic mass is 9.81. The second-order valence-electron chi connectivity index (χ2n) is 7.55. The average Bonchev–Trinajstić information content (AvgIpc) is 3.37. The maximum Gasteiger partial charge on any atom is 0.340 e. The van der Waals surface area contributed by atoms with Gasteiger partial charge in [-0.1, -0.05) is 35.1 Å². The van der Waals surface area contributed by atoms with Crippen molar-refractivity contribution in [3.05, 3.63) is 40.5 Å². The van der Waals surface area contributed by atoms with Crippen LogP contribution in [-0.2, 0) is 22.5 Å². The van der Waals surface area contributed by atoms with E-state index in [9.17, 15) is 9.59 Å². The maximum atomic E-state index is 12.6. The molecule has 2 aliphatic rings. The van der Waals surface area contributed by atoms with E-state index < -0.39 is 11.6 Å². The van der Waals surface area contributed by atoms with Crippen molar-refractivity contribution >= 4 is 40.0 Å². The zero-order valence-corrected chi connectivity index (χ0v) is 17.8. The zero-order valence-electron chi connectivity index (χ0n) is 16.2. The maximum absolute atomic E-state index is 12.6. The van der Waals surface area contributed by atoms with E-state index in [4.69, 9.17) is 21.4 Å². The minimum atomic E-state index is -1.04. The normalized spacial score (nSPS) is 17.5. The molecule has 5 rings (SSSR count). The van der Waals surface area contributed by atoms with Crippen molar-refractivity contribution in [2.45, 2.75) is 31.4 Å². The minimum Gasteiger partial charge on any atom is -0.480 e. The molecule has 0 saturated carbocycles. The second-order valence-corrected chi connectivity index (χ2v) is 8.97. The Labute approximate surface area is 185 Å². The van der Waals surface area contributed by atoms with Gasteiger partial charge in [-0.05, 0) is 16.8 Å². The molecular weight excluding hydrogens is 444 g/mol. The van der Waals surface area contributed by atoms with Gasteiger partial charge in [0.2, 0.25) is 5.82 Å². The summed E-state index contributed by atoms with van der Waals surface area (Å²) in [5, 5.41) is 21.8. The van der Waals surface area contributed by atoms with Crippen LogP contribution in [0.5, 0.6) is 0 Å². The lowest BCUT2D eigenvalue weighted by Crippen LogP contribution is -2.50. The van der Waals surface area contributed by atoms with Crippen LogP contribution in [0.1, 0.15) is 28.8 Å². The second kappa shape index (κ2) is 7.57. The smallest absolute Gasteiger partial charge is 0.340 e. The molecule has 1 saturated heterocycles. The predicted octanol–water partition coefficient (Wildman–Crippen LogP) is 2.29. The number of ether oxygens (including phenoxy) is 1. The van der Waals surface area contributed by atoms with Crippen molar-refractivity contribution in [2.24, 2.45) is 0 Å². The topological polar surface area (TPSA) is 123 Å². The number of carboxylic acid groups (broad SMARTS) is 1. The fraction of sp³-hybridized carbons (Fsp3) is 0.368. The van der Waals surface area contributed by atoms with Gasteiger partial charge in [0.05, 0.1) is 21.7 Å². The van der Waals surface area contributed by atoms with E-state index in [1.54, 1.807) is 12.3 Å². The number of thiazole rings is 1. The van der Waals surface area contributed by atoms with Crippen LogP contribution in [0.15, 0.2) is 24.4 Å². The minimum absolute atomic E-state index is 0.341. The first-order chi connectivity index (χ1) is 14.9. The molecule has 12 heteroatoms. The van der Waals surface area contributed by atoms with Gasteiger partial charge in [0.25, 0.3) is 0 Å². The molecule has 0 radical (unpaired) electrons. The van der Waals surface area contributed by atoms with Crippen LogP contribution in [0, 0.1) is 0 Å². The Morgan fingerprint density at radius 2 is 2.13 bits per heavy atom. The third kappa shape index (κ3) is 3.74. The SMILES string of the molecule is O=C(O)Cn1nnc(-c2cnc(N3CCC4(CC3)Cc3cccc(Cl)c3C(=O)O4)s2)n1. The molecule has 4 heterocycles.